The summed E-state index contributed by atoms with van der Waals surface area (Å²) in [5.41, 5.74) is 3.91. The molecule has 1 rings (SSSR count). The molecule has 1 aromatic carbocycles. The van der Waals surface area contributed by atoms with Crippen molar-refractivity contribution in [2.45, 2.75) is 6.92 Å². The van der Waals surface area contributed by atoms with Gasteiger partial charge in [0.2, 0.25) is 0 Å². The summed E-state index contributed by atoms with van der Waals surface area (Å²) >= 11 is 0. The highest BCUT2D eigenvalue weighted by Crippen LogP contribution is 2.02. The van der Waals surface area contributed by atoms with Gasteiger partial charge in [0.1, 0.15) is 0 Å². The maximum absolute atomic E-state index is 11.2. The molecule has 0 aliphatic carbocycles. The minimum atomic E-state index is -0.221. The van der Waals surface area contributed by atoms with Gasteiger partial charge in [-0.3, -0.25) is 9.63 Å². The maximum atomic E-state index is 11.2. The Bertz CT molecular complexity index is 284. The maximum Gasteiger partial charge on any atom is 0.274 e. The molecule has 0 atom stereocenters. The fourth-order valence-electron chi connectivity index (χ4n) is 0.938. The van der Waals surface area contributed by atoms with Crippen LogP contribution in [0.2, 0.25) is 0 Å². The molecule has 0 heterocycles. The van der Waals surface area contributed by atoms with Crippen molar-refractivity contribution < 1.29 is 9.63 Å². The van der Waals surface area contributed by atoms with Crippen molar-refractivity contribution in [2.75, 3.05) is 7.11 Å². The smallest absolute Gasteiger partial charge is 0.274 e. The first-order valence-corrected chi connectivity index (χ1v) is 3.64. The van der Waals surface area contributed by atoms with Crippen molar-refractivity contribution in [2.24, 2.45) is 0 Å². The summed E-state index contributed by atoms with van der Waals surface area (Å²) < 4.78 is 0. The van der Waals surface area contributed by atoms with Crippen LogP contribution in [0.3, 0.4) is 0 Å². The second-order valence-corrected chi connectivity index (χ2v) is 2.50. The Hall–Kier alpha value is -1.35. The third-order valence-corrected chi connectivity index (χ3v) is 1.48. The largest absolute Gasteiger partial charge is 0.277 e. The van der Waals surface area contributed by atoms with E-state index in [2.05, 4.69) is 10.3 Å². The van der Waals surface area contributed by atoms with E-state index in [1.807, 2.05) is 19.1 Å². The van der Waals surface area contributed by atoms with Gasteiger partial charge >= 0.3 is 0 Å². The van der Waals surface area contributed by atoms with Crippen molar-refractivity contribution in [1.82, 2.24) is 5.48 Å². The highest BCUT2D eigenvalue weighted by molar-refractivity contribution is 5.93. The Kier molecular flexibility index (Phi) is 2.82. The van der Waals surface area contributed by atoms with Crippen LogP contribution in [-0.2, 0) is 4.84 Å². The summed E-state index contributed by atoms with van der Waals surface area (Å²) in [5, 5.41) is 0. The number of hydrogen-bond acceptors (Lipinski definition) is 2. The minimum Gasteiger partial charge on any atom is -0.277 e. The molecule has 0 saturated heterocycles. The molecule has 0 bridgehead atoms. The third-order valence-electron chi connectivity index (χ3n) is 1.48. The molecule has 3 nitrogen and oxygen atoms in total. The van der Waals surface area contributed by atoms with E-state index >= 15 is 0 Å². The van der Waals surface area contributed by atoms with E-state index < -0.39 is 0 Å². The molecule has 0 spiro atoms. The molecule has 1 amide bonds. The van der Waals surface area contributed by atoms with Crippen molar-refractivity contribution in [3.8, 4) is 0 Å². The summed E-state index contributed by atoms with van der Waals surface area (Å²) in [6.45, 7) is 1.93. The number of hydrogen-bond donors (Lipinski definition) is 1. The molecular weight excluding hydrogens is 154 g/mol. The molecule has 1 aromatic rings. The number of amides is 1. The lowest BCUT2D eigenvalue weighted by molar-refractivity contribution is 0.0537. The number of hydroxylamine groups is 1. The van der Waals surface area contributed by atoms with Crippen molar-refractivity contribution >= 4 is 5.91 Å². The van der Waals surface area contributed by atoms with E-state index in [0.717, 1.165) is 5.56 Å². The van der Waals surface area contributed by atoms with Crippen LogP contribution in [0.25, 0.3) is 0 Å². The van der Waals surface area contributed by atoms with Crippen LogP contribution in [0.5, 0.6) is 0 Å². The number of carbonyl (C=O) groups is 1. The highest BCUT2D eigenvalue weighted by Gasteiger charge is 2.02. The standard InChI is InChI=1S/C9H11NO2/c1-7-4-3-5-8(6-7)9(11)10-12-2/h3-6H,1-2H3,(H,10,11). The minimum absolute atomic E-state index is 0.221. The Balaban J connectivity index is 2.81. The summed E-state index contributed by atoms with van der Waals surface area (Å²) in [6, 6.07) is 7.30. The first-order valence-electron chi connectivity index (χ1n) is 3.64. The Labute approximate surface area is 71.3 Å². The van der Waals surface area contributed by atoms with Crippen molar-refractivity contribution in [1.29, 1.82) is 0 Å². The van der Waals surface area contributed by atoms with E-state index in [1.54, 1.807) is 12.1 Å². The average Bonchev–Trinajstić information content (AvgIpc) is 2.05. The topological polar surface area (TPSA) is 38.3 Å². The Morgan fingerprint density at radius 2 is 2.25 bits per heavy atom. The van der Waals surface area contributed by atoms with Crippen LogP contribution < -0.4 is 5.48 Å². The van der Waals surface area contributed by atoms with Gasteiger partial charge in [-0.05, 0) is 19.1 Å². The molecule has 12 heavy (non-hydrogen) atoms. The molecule has 0 radical (unpaired) electrons. The fraction of sp³-hybridized carbons (Fsp3) is 0.222. The second kappa shape index (κ2) is 3.88. The number of carbonyl (C=O) groups excluding carboxylic acids is 1. The summed E-state index contributed by atoms with van der Waals surface area (Å²) in [6.07, 6.45) is 0. The molecule has 0 saturated carbocycles. The normalized spacial score (nSPS) is 9.50. The lowest BCUT2D eigenvalue weighted by Crippen LogP contribution is -2.21. The van der Waals surface area contributed by atoms with Gasteiger partial charge in [0.25, 0.3) is 5.91 Å². The number of nitrogens with one attached hydrogen (secondary N) is 1. The van der Waals surface area contributed by atoms with Crippen molar-refractivity contribution in [3.05, 3.63) is 35.4 Å². The van der Waals surface area contributed by atoms with E-state index in [0.29, 0.717) is 5.56 Å². The van der Waals surface area contributed by atoms with Gasteiger partial charge in [0.05, 0.1) is 7.11 Å². The molecule has 0 aliphatic heterocycles. The lowest BCUT2D eigenvalue weighted by atomic mass is 10.1. The predicted octanol–water partition coefficient (Wildman–Crippen LogP) is 1.29. The third kappa shape index (κ3) is 2.07. The van der Waals surface area contributed by atoms with E-state index in [9.17, 15) is 4.79 Å². The predicted molar refractivity (Wildman–Crippen MR) is 45.7 cm³/mol. The van der Waals surface area contributed by atoms with Gasteiger partial charge in [-0.2, -0.15) is 0 Å². The second-order valence-electron chi connectivity index (χ2n) is 2.50. The van der Waals surface area contributed by atoms with Crippen LogP contribution in [0.1, 0.15) is 15.9 Å². The summed E-state index contributed by atoms with van der Waals surface area (Å²) in [5.74, 6) is -0.221. The zero-order chi connectivity index (χ0) is 8.97. The molecule has 3 heteroatoms. The fourth-order valence-corrected chi connectivity index (χ4v) is 0.938. The van der Waals surface area contributed by atoms with Crippen LogP contribution in [-0.4, -0.2) is 13.0 Å². The van der Waals surface area contributed by atoms with Gasteiger partial charge in [0.15, 0.2) is 0 Å². The average molecular weight is 165 g/mol. The highest BCUT2D eigenvalue weighted by atomic mass is 16.6. The SMILES string of the molecule is CONC(=O)c1cccc(C)c1. The van der Waals surface area contributed by atoms with Gasteiger partial charge in [-0.25, -0.2) is 5.48 Å². The Morgan fingerprint density at radius 3 is 2.83 bits per heavy atom. The molecule has 1 N–H and O–H groups in total. The van der Waals surface area contributed by atoms with Crippen LogP contribution in [0, 0.1) is 6.92 Å². The van der Waals surface area contributed by atoms with Gasteiger partial charge < -0.3 is 0 Å². The van der Waals surface area contributed by atoms with Gasteiger partial charge in [0, 0.05) is 5.56 Å². The summed E-state index contributed by atoms with van der Waals surface area (Å²) in [7, 11) is 1.41. The van der Waals surface area contributed by atoms with E-state index in [4.69, 9.17) is 0 Å². The monoisotopic (exact) mass is 165 g/mol. The van der Waals surface area contributed by atoms with Crippen LogP contribution in [0.15, 0.2) is 24.3 Å². The lowest BCUT2D eigenvalue weighted by Gasteiger charge is -2.01. The molecular formula is C9H11NO2. The van der Waals surface area contributed by atoms with Crippen LogP contribution in [0.4, 0.5) is 0 Å². The van der Waals surface area contributed by atoms with Gasteiger partial charge in [-0.15, -0.1) is 0 Å². The molecule has 0 aromatic heterocycles. The Morgan fingerprint density at radius 1 is 1.50 bits per heavy atom. The molecule has 64 valence electrons. The molecule has 0 unspecified atom stereocenters. The zero-order valence-corrected chi connectivity index (χ0v) is 7.13. The number of aryl methyl sites for hydroxylation is 1. The van der Waals surface area contributed by atoms with Gasteiger partial charge in [-0.1, -0.05) is 17.7 Å². The number of rotatable bonds is 2. The van der Waals surface area contributed by atoms with Crippen LogP contribution >= 0.6 is 0 Å². The number of benzene rings is 1. The van der Waals surface area contributed by atoms with E-state index in [1.165, 1.54) is 7.11 Å². The molecule has 0 aliphatic rings. The quantitative estimate of drug-likeness (QED) is 0.670. The molecule has 0 fully saturated rings. The van der Waals surface area contributed by atoms with Crippen molar-refractivity contribution in [3.63, 3.8) is 0 Å². The first-order chi connectivity index (χ1) is 5.74. The van der Waals surface area contributed by atoms with E-state index in [-0.39, 0.29) is 5.91 Å². The first kappa shape index (κ1) is 8.74. The zero-order valence-electron chi connectivity index (χ0n) is 7.13. The summed E-state index contributed by atoms with van der Waals surface area (Å²) in [4.78, 5) is 15.7.